The van der Waals surface area contributed by atoms with E-state index in [1.807, 2.05) is 12.2 Å². The van der Waals surface area contributed by atoms with E-state index in [2.05, 4.69) is 5.32 Å². The lowest BCUT2D eigenvalue weighted by Gasteiger charge is -2.59. The highest BCUT2D eigenvalue weighted by molar-refractivity contribution is 6.17. The standard InChI is InChI=1S/C16H24ClNO4/c1-15(12(10-19)8-9-17)16(18-2,14(21)22-15)13(20)11-6-4-3-5-7-11/h4,6,10-13,18,20H,3,5,7-9H2,1-2H3/t11-,12+,13?,15+,16+/m1/s1. The second kappa shape index (κ2) is 6.69. The van der Waals surface area contributed by atoms with E-state index in [1.54, 1.807) is 14.0 Å². The number of alkyl halides is 1. The molecular formula is C16H24ClNO4. The minimum absolute atomic E-state index is 0.128. The molecule has 1 unspecified atom stereocenters. The number of nitrogens with one attached hydrogen (secondary N) is 1. The highest BCUT2D eigenvalue weighted by Crippen LogP contribution is 2.48. The first-order valence-electron chi connectivity index (χ1n) is 7.76. The summed E-state index contributed by atoms with van der Waals surface area (Å²) in [7, 11) is 1.62. The molecule has 0 aromatic rings. The molecule has 0 amide bonds. The van der Waals surface area contributed by atoms with E-state index in [0.29, 0.717) is 6.42 Å². The van der Waals surface area contributed by atoms with Crippen molar-refractivity contribution >= 4 is 23.9 Å². The summed E-state index contributed by atoms with van der Waals surface area (Å²) in [6.07, 6.45) is 6.97. The molecule has 1 aliphatic heterocycles. The lowest BCUT2D eigenvalue weighted by atomic mass is 9.61. The maximum Gasteiger partial charge on any atom is 0.333 e. The second-order valence-electron chi connectivity index (χ2n) is 6.24. The zero-order chi connectivity index (χ0) is 16.4. The summed E-state index contributed by atoms with van der Waals surface area (Å²) in [5, 5.41) is 13.9. The number of rotatable bonds is 7. The number of aliphatic hydroxyl groups is 1. The predicted octanol–water partition coefficient (Wildman–Crippen LogP) is 1.42. The van der Waals surface area contributed by atoms with Crippen molar-refractivity contribution in [2.75, 3.05) is 12.9 Å². The van der Waals surface area contributed by atoms with Crippen LogP contribution >= 0.6 is 11.6 Å². The zero-order valence-electron chi connectivity index (χ0n) is 13.0. The summed E-state index contributed by atoms with van der Waals surface area (Å²) in [5.41, 5.74) is -2.38. The van der Waals surface area contributed by atoms with Crippen LogP contribution in [0.5, 0.6) is 0 Å². The van der Waals surface area contributed by atoms with Crippen LogP contribution in [0.3, 0.4) is 0 Å². The topological polar surface area (TPSA) is 75.6 Å². The summed E-state index contributed by atoms with van der Waals surface area (Å²) >= 11 is 5.77. The lowest BCUT2D eigenvalue weighted by molar-refractivity contribution is -0.251. The van der Waals surface area contributed by atoms with Gasteiger partial charge in [0.15, 0.2) is 11.1 Å². The van der Waals surface area contributed by atoms with Crippen molar-refractivity contribution in [2.45, 2.75) is 49.9 Å². The molecule has 1 heterocycles. The fourth-order valence-electron chi connectivity index (χ4n) is 3.80. The first-order chi connectivity index (χ1) is 10.5. The number of carbonyl (C=O) groups excluding carboxylic acids is 2. The number of carbonyl (C=O) groups is 2. The molecule has 1 aliphatic carbocycles. The number of aliphatic hydroxyl groups excluding tert-OH is 1. The molecule has 1 saturated heterocycles. The summed E-state index contributed by atoms with van der Waals surface area (Å²) in [5.74, 6) is -0.907. The van der Waals surface area contributed by atoms with E-state index in [0.717, 1.165) is 25.5 Å². The van der Waals surface area contributed by atoms with Crippen LogP contribution in [0.2, 0.25) is 0 Å². The van der Waals surface area contributed by atoms with Gasteiger partial charge in [0.05, 0.1) is 12.0 Å². The third-order valence-electron chi connectivity index (χ3n) is 5.24. The Balaban J connectivity index is 2.35. The molecule has 5 atom stereocenters. The average molecular weight is 330 g/mol. The Morgan fingerprint density at radius 2 is 2.36 bits per heavy atom. The van der Waals surface area contributed by atoms with Gasteiger partial charge in [0.2, 0.25) is 0 Å². The Morgan fingerprint density at radius 3 is 2.82 bits per heavy atom. The van der Waals surface area contributed by atoms with Crippen LogP contribution < -0.4 is 5.32 Å². The number of ether oxygens (including phenoxy) is 1. The predicted molar refractivity (Wildman–Crippen MR) is 83.7 cm³/mol. The van der Waals surface area contributed by atoms with E-state index in [9.17, 15) is 14.7 Å². The van der Waals surface area contributed by atoms with Gasteiger partial charge in [-0.05, 0) is 39.7 Å². The van der Waals surface area contributed by atoms with Gasteiger partial charge in [-0.15, -0.1) is 11.6 Å². The van der Waals surface area contributed by atoms with Gasteiger partial charge in [0.1, 0.15) is 6.29 Å². The normalized spacial score (nSPS) is 37.1. The Hall–Kier alpha value is -0.910. The monoisotopic (exact) mass is 329 g/mol. The number of allylic oxidation sites excluding steroid dienone is 1. The molecule has 2 N–H and O–H groups in total. The van der Waals surface area contributed by atoms with Crippen molar-refractivity contribution in [3.05, 3.63) is 12.2 Å². The molecule has 0 bridgehead atoms. The number of hydrogen-bond donors (Lipinski definition) is 2. The molecule has 1 fully saturated rings. The van der Waals surface area contributed by atoms with Crippen molar-refractivity contribution in [3.8, 4) is 0 Å². The van der Waals surface area contributed by atoms with Crippen LogP contribution in [0.4, 0.5) is 0 Å². The van der Waals surface area contributed by atoms with Crippen LogP contribution in [0.25, 0.3) is 0 Å². The van der Waals surface area contributed by atoms with Crippen molar-refractivity contribution in [3.63, 3.8) is 0 Å². The van der Waals surface area contributed by atoms with Gasteiger partial charge in [-0.1, -0.05) is 12.2 Å². The first-order valence-corrected chi connectivity index (χ1v) is 8.29. The Bertz CT molecular complexity index is 469. The van der Waals surface area contributed by atoms with Gasteiger partial charge in [-0.3, -0.25) is 5.32 Å². The average Bonchev–Trinajstić information content (AvgIpc) is 2.53. The van der Waals surface area contributed by atoms with Crippen LogP contribution in [0.1, 0.15) is 32.6 Å². The Kier molecular flexibility index (Phi) is 5.30. The summed E-state index contributed by atoms with van der Waals surface area (Å²) in [4.78, 5) is 23.8. The highest BCUT2D eigenvalue weighted by Gasteiger charge is 2.72. The molecule has 0 radical (unpaired) electrons. The maximum atomic E-state index is 12.3. The van der Waals surface area contributed by atoms with Crippen LogP contribution in [-0.2, 0) is 14.3 Å². The van der Waals surface area contributed by atoms with Gasteiger partial charge < -0.3 is 14.6 Å². The van der Waals surface area contributed by atoms with Crippen molar-refractivity contribution in [1.29, 1.82) is 0 Å². The number of cyclic esters (lactones) is 1. The molecular weight excluding hydrogens is 306 g/mol. The van der Waals surface area contributed by atoms with E-state index < -0.39 is 29.1 Å². The van der Waals surface area contributed by atoms with E-state index in [-0.39, 0.29) is 11.8 Å². The minimum Gasteiger partial charge on any atom is -0.454 e. The third kappa shape index (κ3) is 2.39. The fourth-order valence-corrected chi connectivity index (χ4v) is 4.04. The SMILES string of the molecule is CN[C@@]1(C(O)[C@@H]2C=CCCC2)C(=O)O[C@@]1(C)[C@H](C=O)CCCl. The Morgan fingerprint density at radius 1 is 1.64 bits per heavy atom. The van der Waals surface area contributed by atoms with Gasteiger partial charge in [-0.25, -0.2) is 4.79 Å². The molecule has 5 nitrogen and oxygen atoms in total. The summed E-state index contributed by atoms with van der Waals surface area (Å²) < 4.78 is 5.38. The molecule has 0 spiro atoms. The molecule has 2 rings (SSSR count). The van der Waals surface area contributed by atoms with Crippen molar-refractivity contribution in [2.24, 2.45) is 11.8 Å². The highest BCUT2D eigenvalue weighted by atomic mass is 35.5. The fraction of sp³-hybridized carbons (Fsp3) is 0.750. The van der Waals surface area contributed by atoms with Crippen LogP contribution in [0.15, 0.2) is 12.2 Å². The molecule has 2 aliphatic rings. The molecule has 0 aromatic carbocycles. The molecule has 0 aromatic heterocycles. The third-order valence-corrected chi connectivity index (χ3v) is 5.45. The Labute approximate surface area is 136 Å². The number of esters is 1. The largest absolute Gasteiger partial charge is 0.454 e. The van der Waals surface area contributed by atoms with Crippen molar-refractivity contribution < 1.29 is 19.4 Å². The number of likely N-dealkylation sites (N-methyl/N-ethyl adjacent to an activating group) is 1. The number of aldehydes is 1. The smallest absolute Gasteiger partial charge is 0.333 e. The van der Waals surface area contributed by atoms with Gasteiger partial charge in [0.25, 0.3) is 0 Å². The summed E-state index contributed by atoms with van der Waals surface area (Å²) in [6.45, 7) is 1.70. The quantitative estimate of drug-likeness (QED) is 0.320. The minimum atomic E-state index is -1.28. The van der Waals surface area contributed by atoms with Gasteiger partial charge >= 0.3 is 5.97 Å². The zero-order valence-corrected chi connectivity index (χ0v) is 13.8. The second-order valence-corrected chi connectivity index (χ2v) is 6.62. The maximum absolute atomic E-state index is 12.3. The number of hydrogen-bond acceptors (Lipinski definition) is 5. The first kappa shape index (κ1) is 17.4. The van der Waals surface area contributed by atoms with Crippen LogP contribution in [-0.4, -0.2) is 47.5 Å². The van der Waals surface area contributed by atoms with Gasteiger partial charge in [-0.2, -0.15) is 0 Å². The van der Waals surface area contributed by atoms with Crippen LogP contribution in [0, 0.1) is 11.8 Å². The number of halogens is 1. The molecule has 22 heavy (non-hydrogen) atoms. The van der Waals surface area contributed by atoms with Crippen molar-refractivity contribution in [1.82, 2.24) is 5.32 Å². The molecule has 0 saturated carbocycles. The van der Waals surface area contributed by atoms with E-state index >= 15 is 0 Å². The van der Waals surface area contributed by atoms with Gasteiger partial charge in [0, 0.05) is 11.8 Å². The summed E-state index contributed by atoms with van der Waals surface area (Å²) in [6, 6.07) is 0. The van der Waals surface area contributed by atoms with E-state index in [1.165, 1.54) is 0 Å². The van der Waals surface area contributed by atoms with E-state index in [4.69, 9.17) is 16.3 Å². The molecule has 6 heteroatoms. The lowest BCUT2D eigenvalue weighted by Crippen LogP contribution is -2.84. The molecule has 124 valence electrons.